The van der Waals surface area contributed by atoms with Gasteiger partial charge in [0, 0.05) is 29.6 Å². The van der Waals surface area contributed by atoms with Gasteiger partial charge in [0.25, 0.3) is 0 Å². The van der Waals surface area contributed by atoms with Gasteiger partial charge in [0.05, 0.1) is 5.69 Å². The number of nitrogens with zero attached hydrogens (tertiary/aromatic N) is 1. The fourth-order valence-corrected chi connectivity index (χ4v) is 1.65. The van der Waals surface area contributed by atoms with Crippen LogP contribution in [0.1, 0.15) is 0 Å². The highest BCUT2D eigenvalue weighted by molar-refractivity contribution is 9.10. The van der Waals surface area contributed by atoms with Crippen LogP contribution in [0.15, 0.2) is 47.2 Å². The van der Waals surface area contributed by atoms with Crippen molar-refractivity contribution in [2.45, 2.75) is 0 Å². The molecule has 2 amide bonds. The number of anilines is 2. The summed E-state index contributed by atoms with van der Waals surface area (Å²) in [4.78, 5) is 16.3. The van der Waals surface area contributed by atoms with Crippen molar-refractivity contribution in [1.29, 1.82) is 0 Å². The number of aromatic amines is 1. The van der Waals surface area contributed by atoms with E-state index < -0.39 is 0 Å². The number of urea groups is 1. The first kappa shape index (κ1) is 11.7. The van der Waals surface area contributed by atoms with E-state index in [4.69, 9.17) is 0 Å². The van der Waals surface area contributed by atoms with Crippen molar-refractivity contribution in [3.05, 3.63) is 47.2 Å². The number of hydrogen-bond acceptors (Lipinski definition) is 1. The van der Waals surface area contributed by atoms with E-state index in [1.165, 1.54) is 0 Å². The molecule has 0 unspecified atom stereocenters. The fraction of sp³-hybridized carbons (Fsp3) is 0.0833. The first-order valence-corrected chi connectivity index (χ1v) is 5.89. The molecular weight excluding hydrogens is 282 g/mol. The number of amides is 2. The maximum absolute atomic E-state index is 11.9. The third kappa shape index (κ3) is 2.88. The van der Waals surface area contributed by atoms with Crippen LogP contribution in [-0.4, -0.2) is 18.1 Å². The first-order valence-electron chi connectivity index (χ1n) is 5.10. The number of H-pyrrole nitrogens is 1. The highest BCUT2D eigenvalue weighted by atomic mass is 79.9. The van der Waals surface area contributed by atoms with Crippen molar-refractivity contribution >= 4 is 33.3 Å². The van der Waals surface area contributed by atoms with Crippen LogP contribution < -0.4 is 10.2 Å². The monoisotopic (exact) mass is 293 g/mol. The van der Waals surface area contributed by atoms with Crippen LogP contribution in [0.25, 0.3) is 0 Å². The molecule has 0 saturated heterocycles. The molecule has 5 heteroatoms. The van der Waals surface area contributed by atoms with Gasteiger partial charge in [-0.1, -0.05) is 15.9 Å². The zero-order chi connectivity index (χ0) is 12.3. The van der Waals surface area contributed by atoms with Crippen LogP contribution in [0.3, 0.4) is 0 Å². The molecular formula is C12H12BrN3O. The lowest BCUT2D eigenvalue weighted by Crippen LogP contribution is -2.30. The van der Waals surface area contributed by atoms with Crippen molar-refractivity contribution in [2.24, 2.45) is 0 Å². The third-order valence-electron chi connectivity index (χ3n) is 2.37. The number of carbonyl (C=O) groups is 1. The lowest BCUT2D eigenvalue weighted by Gasteiger charge is -2.16. The summed E-state index contributed by atoms with van der Waals surface area (Å²) < 4.78 is 0.981. The number of hydrogen-bond donors (Lipinski definition) is 2. The van der Waals surface area contributed by atoms with Crippen molar-refractivity contribution < 1.29 is 4.79 Å². The maximum atomic E-state index is 11.9. The van der Waals surface area contributed by atoms with Gasteiger partial charge in [-0.05, 0) is 30.3 Å². The van der Waals surface area contributed by atoms with Crippen molar-refractivity contribution in [3.63, 3.8) is 0 Å². The number of aromatic nitrogens is 1. The van der Waals surface area contributed by atoms with Gasteiger partial charge in [-0.3, -0.25) is 4.90 Å². The Morgan fingerprint density at radius 2 is 2.00 bits per heavy atom. The summed E-state index contributed by atoms with van der Waals surface area (Å²) in [7, 11) is 1.72. The Labute approximate surface area is 108 Å². The van der Waals surface area contributed by atoms with Gasteiger partial charge < -0.3 is 10.3 Å². The fourth-order valence-electron chi connectivity index (χ4n) is 1.38. The number of carbonyl (C=O) groups excluding carboxylic acids is 1. The quantitative estimate of drug-likeness (QED) is 0.875. The van der Waals surface area contributed by atoms with Gasteiger partial charge in [-0.15, -0.1) is 0 Å². The summed E-state index contributed by atoms with van der Waals surface area (Å²) in [5.41, 5.74) is 1.58. The molecule has 0 aliphatic rings. The van der Waals surface area contributed by atoms with E-state index in [0.29, 0.717) is 0 Å². The molecule has 2 rings (SSSR count). The van der Waals surface area contributed by atoms with Gasteiger partial charge in [-0.2, -0.15) is 0 Å². The Hall–Kier alpha value is -1.75. The standard InChI is InChI=1S/C12H12BrN3O/c1-16(11-6-7-14-8-11)12(17)15-10-4-2-9(13)3-5-10/h2-8,14H,1H3,(H,15,17). The molecule has 1 heterocycles. The van der Waals surface area contributed by atoms with Gasteiger partial charge in [0.15, 0.2) is 0 Å². The largest absolute Gasteiger partial charge is 0.366 e. The Morgan fingerprint density at radius 1 is 1.29 bits per heavy atom. The molecule has 88 valence electrons. The predicted octanol–water partition coefficient (Wildman–Crippen LogP) is 3.45. The molecule has 0 spiro atoms. The minimum Gasteiger partial charge on any atom is -0.366 e. The molecule has 17 heavy (non-hydrogen) atoms. The van der Waals surface area contributed by atoms with Gasteiger partial charge in [0.1, 0.15) is 0 Å². The molecule has 0 fully saturated rings. The van der Waals surface area contributed by atoms with Crippen molar-refractivity contribution in [2.75, 3.05) is 17.3 Å². The number of nitrogens with one attached hydrogen (secondary N) is 2. The summed E-state index contributed by atoms with van der Waals surface area (Å²) >= 11 is 3.34. The maximum Gasteiger partial charge on any atom is 0.326 e. The molecule has 2 aromatic rings. The average molecular weight is 294 g/mol. The molecule has 0 saturated carbocycles. The molecule has 0 aliphatic heterocycles. The minimum atomic E-state index is -0.174. The Bertz CT molecular complexity index is 493. The molecule has 1 aromatic carbocycles. The second-order valence-corrected chi connectivity index (χ2v) is 4.48. The summed E-state index contributed by atoms with van der Waals surface area (Å²) in [6, 6.07) is 9.10. The lowest BCUT2D eigenvalue weighted by molar-refractivity contribution is 0.258. The van der Waals surface area contributed by atoms with Crippen LogP contribution >= 0.6 is 15.9 Å². The number of benzene rings is 1. The van der Waals surface area contributed by atoms with E-state index >= 15 is 0 Å². The average Bonchev–Trinajstić information content (AvgIpc) is 2.84. The molecule has 0 atom stereocenters. The van der Waals surface area contributed by atoms with E-state index in [0.717, 1.165) is 15.8 Å². The zero-order valence-corrected chi connectivity index (χ0v) is 10.9. The molecule has 4 nitrogen and oxygen atoms in total. The molecule has 0 bridgehead atoms. The highest BCUT2D eigenvalue weighted by Crippen LogP contribution is 2.16. The van der Waals surface area contributed by atoms with E-state index in [1.54, 1.807) is 24.3 Å². The molecule has 2 N–H and O–H groups in total. The predicted molar refractivity (Wildman–Crippen MR) is 72.4 cm³/mol. The minimum absolute atomic E-state index is 0.174. The van der Waals surface area contributed by atoms with Gasteiger partial charge >= 0.3 is 6.03 Å². The zero-order valence-electron chi connectivity index (χ0n) is 9.27. The highest BCUT2D eigenvalue weighted by Gasteiger charge is 2.10. The SMILES string of the molecule is CN(C(=O)Nc1ccc(Br)cc1)c1cc[nH]c1. The smallest absolute Gasteiger partial charge is 0.326 e. The van der Waals surface area contributed by atoms with Crippen LogP contribution in [0.2, 0.25) is 0 Å². The molecule has 0 radical (unpaired) electrons. The summed E-state index contributed by atoms with van der Waals surface area (Å²) in [6.45, 7) is 0. The first-order chi connectivity index (χ1) is 8.16. The molecule has 0 aliphatic carbocycles. The summed E-state index contributed by atoms with van der Waals surface area (Å²) in [6.07, 6.45) is 3.54. The van der Waals surface area contributed by atoms with Crippen LogP contribution in [-0.2, 0) is 0 Å². The lowest BCUT2D eigenvalue weighted by atomic mass is 10.3. The number of halogens is 1. The Balaban J connectivity index is 2.04. The van der Waals surface area contributed by atoms with Crippen molar-refractivity contribution in [1.82, 2.24) is 4.98 Å². The van der Waals surface area contributed by atoms with Gasteiger partial charge in [-0.25, -0.2) is 4.79 Å². The second kappa shape index (κ2) is 5.05. The van der Waals surface area contributed by atoms with Crippen LogP contribution in [0.4, 0.5) is 16.2 Å². The second-order valence-electron chi connectivity index (χ2n) is 3.57. The Kier molecular flexibility index (Phi) is 3.49. The van der Waals surface area contributed by atoms with Crippen molar-refractivity contribution in [3.8, 4) is 0 Å². The summed E-state index contributed by atoms with van der Waals surface area (Å²) in [5.74, 6) is 0. The summed E-state index contributed by atoms with van der Waals surface area (Å²) in [5, 5.41) is 2.81. The topological polar surface area (TPSA) is 48.1 Å². The van der Waals surface area contributed by atoms with E-state index in [-0.39, 0.29) is 6.03 Å². The van der Waals surface area contributed by atoms with E-state index in [2.05, 4.69) is 26.2 Å². The van der Waals surface area contributed by atoms with E-state index in [1.807, 2.05) is 30.3 Å². The van der Waals surface area contributed by atoms with Gasteiger partial charge in [0.2, 0.25) is 0 Å². The molecule has 1 aromatic heterocycles. The number of rotatable bonds is 2. The van der Waals surface area contributed by atoms with E-state index in [9.17, 15) is 4.79 Å². The Morgan fingerprint density at radius 3 is 2.59 bits per heavy atom. The third-order valence-corrected chi connectivity index (χ3v) is 2.90. The van der Waals surface area contributed by atoms with Crippen LogP contribution in [0, 0.1) is 0 Å². The van der Waals surface area contributed by atoms with Crippen LogP contribution in [0.5, 0.6) is 0 Å². The normalized spacial score (nSPS) is 10.0.